The average Bonchev–Trinajstić information content (AvgIpc) is 3.06. The Labute approximate surface area is 182 Å². The fourth-order valence-electron chi connectivity index (χ4n) is 3.49. The molecule has 0 saturated carbocycles. The van der Waals surface area contributed by atoms with Crippen LogP contribution < -0.4 is 10.5 Å². The monoisotopic (exact) mass is 427 g/mol. The lowest BCUT2D eigenvalue weighted by atomic mass is 10.1. The first-order valence-corrected chi connectivity index (χ1v) is 9.87. The molecular formula is C22H26ClN5O2. The van der Waals surface area contributed by atoms with E-state index in [1.54, 1.807) is 0 Å². The van der Waals surface area contributed by atoms with Crippen molar-refractivity contribution in [1.29, 1.82) is 0 Å². The van der Waals surface area contributed by atoms with Crippen molar-refractivity contribution >= 4 is 18.3 Å². The van der Waals surface area contributed by atoms with Gasteiger partial charge >= 0.3 is 0 Å². The summed E-state index contributed by atoms with van der Waals surface area (Å²) in [5, 5.41) is 4.65. The van der Waals surface area contributed by atoms with Crippen LogP contribution in [0.3, 0.4) is 0 Å². The highest BCUT2D eigenvalue weighted by Gasteiger charge is 2.24. The van der Waals surface area contributed by atoms with Crippen molar-refractivity contribution in [1.82, 2.24) is 19.7 Å². The van der Waals surface area contributed by atoms with Crippen molar-refractivity contribution in [3.05, 3.63) is 65.5 Å². The smallest absolute Gasteiger partial charge is 0.257 e. The minimum atomic E-state index is -0.0326. The van der Waals surface area contributed by atoms with Crippen LogP contribution in [0.15, 0.2) is 48.5 Å². The molecule has 0 bridgehead atoms. The van der Waals surface area contributed by atoms with Gasteiger partial charge in [-0.2, -0.15) is 5.10 Å². The Bertz CT molecular complexity index is 981. The van der Waals surface area contributed by atoms with E-state index in [9.17, 15) is 4.79 Å². The highest BCUT2D eigenvalue weighted by molar-refractivity contribution is 5.97. The van der Waals surface area contributed by atoms with E-state index < -0.39 is 0 Å². The van der Waals surface area contributed by atoms with Gasteiger partial charge in [0.2, 0.25) is 0 Å². The minimum Gasteiger partial charge on any atom is -0.491 e. The van der Waals surface area contributed by atoms with E-state index in [2.05, 4.69) is 5.10 Å². The Morgan fingerprint density at radius 2 is 1.93 bits per heavy atom. The number of nitrogens with two attached hydrogens (primary N) is 1. The van der Waals surface area contributed by atoms with Gasteiger partial charge in [-0.25, -0.2) is 9.67 Å². The lowest BCUT2D eigenvalue weighted by Gasteiger charge is -2.22. The Balaban J connectivity index is 0.00000256. The molecule has 30 heavy (non-hydrogen) atoms. The van der Waals surface area contributed by atoms with Crippen LogP contribution in [0.1, 0.15) is 21.7 Å². The summed E-state index contributed by atoms with van der Waals surface area (Å²) in [6.45, 7) is 4.54. The predicted molar refractivity (Wildman–Crippen MR) is 118 cm³/mol. The lowest BCUT2D eigenvalue weighted by Crippen LogP contribution is -2.34. The number of aromatic nitrogens is 3. The Morgan fingerprint density at radius 3 is 2.70 bits per heavy atom. The molecule has 0 unspecified atom stereocenters. The zero-order chi connectivity index (χ0) is 20.2. The summed E-state index contributed by atoms with van der Waals surface area (Å²) in [5.74, 6) is 2.19. The first-order valence-electron chi connectivity index (χ1n) is 9.87. The third-order valence-electron chi connectivity index (χ3n) is 5.00. The maximum absolute atomic E-state index is 13.2. The summed E-state index contributed by atoms with van der Waals surface area (Å²) in [5.41, 5.74) is 8.15. The molecule has 0 spiro atoms. The van der Waals surface area contributed by atoms with Gasteiger partial charge in [-0.3, -0.25) is 4.79 Å². The van der Waals surface area contributed by atoms with Crippen molar-refractivity contribution in [2.45, 2.75) is 19.9 Å². The summed E-state index contributed by atoms with van der Waals surface area (Å²) in [6.07, 6.45) is 0.663. The molecule has 0 radical (unpaired) electrons. The van der Waals surface area contributed by atoms with Gasteiger partial charge in [0.05, 0.1) is 12.1 Å². The van der Waals surface area contributed by atoms with Crippen molar-refractivity contribution < 1.29 is 9.53 Å². The summed E-state index contributed by atoms with van der Waals surface area (Å²) in [6, 6.07) is 15.6. The standard InChI is InChI=1S/C22H25N5O2.ClH/c1-16-7-8-19(29-14-10-23)18(15-16)22(28)26-11-9-20-24-21(25-27(20)13-12-26)17-5-3-2-4-6-17;/h2-8,15H,9-14,23H2,1H3;1H. The molecule has 0 fully saturated rings. The third-order valence-corrected chi connectivity index (χ3v) is 5.00. The second-order valence-corrected chi connectivity index (χ2v) is 7.12. The van der Waals surface area contributed by atoms with E-state index >= 15 is 0 Å². The van der Waals surface area contributed by atoms with Gasteiger partial charge in [0.25, 0.3) is 5.91 Å². The number of hydrogen-bond donors (Lipinski definition) is 1. The summed E-state index contributed by atoms with van der Waals surface area (Å²) >= 11 is 0. The van der Waals surface area contributed by atoms with Crippen LogP contribution in [0.2, 0.25) is 0 Å². The number of carbonyl (C=O) groups excluding carboxylic acids is 1. The molecule has 1 aromatic heterocycles. The van der Waals surface area contributed by atoms with Crippen LogP contribution in [0.25, 0.3) is 11.4 Å². The summed E-state index contributed by atoms with van der Waals surface area (Å²) < 4.78 is 7.61. The highest BCUT2D eigenvalue weighted by atomic mass is 35.5. The topological polar surface area (TPSA) is 86.3 Å². The van der Waals surface area contributed by atoms with Gasteiger partial charge < -0.3 is 15.4 Å². The largest absolute Gasteiger partial charge is 0.491 e. The normalized spacial score (nSPS) is 13.2. The van der Waals surface area contributed by atoms with E-state index in [0.29, 0.717) is 50.5 Å². The molecule has 0 aliphatic carbocycles. The van der Waals surface area contributed by atoms with Gasteiger partial charge in [-0.15, -0.1) is 12.4 Å². The molecule has 4 rings (SSSR count). The zero-order valence-electron chi connectivity index (χ0n) is 17.0. The van der Waals surface area contributed by atoms with E-state index in [-0.39, 0.29) is 18.3 Å². The number of fused-ring (bicyclic) bond motifs is 1. The number of aryl methyl sites for hydroxylation is 1. The molecule has 2 aromatic carbocycles. The molecule has 2 heterocycles. The lowest BCUT2D eigenvalue weighted by molar-refractivity contribution is 0.0754. The number of ether oxygens (including phenoxy) is 1. The fraction of sp³-hybridized carbons (Fsp3) is 0.318. The van der Waals surface area contributed by atoms with E-state index in [1.165, 1.54) is 0 Å². The number of carbonyl (C=O) groups is 1. The SMILES string of the molecule is Cc1ccc(OCCN)c(C(=O)N2CCc3nc(-c4ccccc4)nn3CC2)c1.Cl. The number of benzene rings is 2. The van der Waals surface area contributed by atoms with Crippen LogP contribution in [0.4, 0.5) is 0 Å². The average molecular weight is 428 g/mol. The van der Waals surface area contributed by atoms with Crippen molar-refractivity contribution in [2.75, 3.05) is 26.2 Å². The third kappa shape index (κ3) is 4.63. The van der Waals surface area contributed by atoms with E-state index in [0.717, 1.165) is 22.8 Å². The van der Waals surface area contributed by atoms with Crippen molar-refractivity contribution in [3.8, 4) is 17.1 Å². The van der Waals surface area contributed by atoms with Gasteiger partial charge in [0.1, 0.15) is 18.2 Å². The number of nitrogens with zero attached hydrogens (tertiary/aromatic N) is 4. The second kappa shape index (κ2) is 9.73. The minimum absolute atomic E-state index is 0. The molecule has 2 N–H and O–H groups in total. The first kappa shape index (κ1) is 21.8. The van der Waals surface area contributed by atoms with E-state index in [4.69, 9.17) is 15.5 Å². The molecule has 0 atom stereocenters. The molecular weight excluding hydrogens is 402 g/mol. The maximum atomic E-state index is 13.2. The molecule has 158 valence electrons. The Hall–Kier alpha value is -2.90. The van der Waals surface area contributed by atoms with Crippen LogP contribution in [0, 0.1) is 6.92 Å². The quantitative estimate of drug-likeness (QED) is 0.676. The number of hydrogen-bond acceptors (Lipinski definition) is 5. The molecule has 8 heteroatoms. The van der Waals surface area contributed by atoms with Crippen LogP contribution in [0.5, 0.6) is 5.75 Å². The molecule has 1 aliphatic heterocycles. The zero-order valence-corrected chi connectivity index (χ0v) is 17.8. The van der Waals surface area contributed by atoms with Crippen LogP contribution in [-0.2, 0) is 13.0 Å². The molecule has 1 amide bonds. The summed E-state index contributed by atoms with van der Waals surface area (Å²) in [7, 11) is 0. The summed E-state index contributed by atoms with van der Waals surface area (Å²) in [4.78, 5) is 19.8. The molecule has 3 aromatic rings. The number of amides is 1. The highest BCUT2D eigenvalue weighted by Crippen LogP contribution is 2.23. The fourth-order valence-corrected chi connectivity index (χ4v) is 3.49. The van der Waals surface area contributed by atoms with Gasteiger partial charge in [-0.05, 0) is 19.1 Å². The van der Waals surface area contributed by atoms with Crippen molar-refractivity contribution in [2.24, 2.45) is 5.73 Å². The van der Waals surface area contributed by atoms with Crippen LogP contribution >= 0.6 is 12.4 Å². The molecule has 0 saturated heterocycles. The maximum Gasteiger partial charge on any atom is 0.257 e. The Kier molecular flexibility index (Phi) is 7.07. The van der Waals surface area contributed by atoms with Gasteiger partial charge in [0.15, 0.2) is 5.82 Å². The molecule has 7 nitrogen and oxygen atoms in total. The van der Waals surface area contributed by atoms with E-state index in [1.807, 2.05) is 65.0 Å². The Morgan fingerprint density at radius 1 is 1.13 bits per heavy atom. The van der Waals surface area contributed by atoms with Gasteiger partial charge in [-0.1, -0.05) is 42.0 Å². The number of halogens is 1. The van der Waals surface area contributed by atoms with Crippen molar-refractivity contribution in [3.63, 3.8) is 0 Å². The van der Waals surface area contributed by atoms with Crippen LogP contribution in [-0.4, -0.2) is 51.8 Å². The van der Waals surface area contributed by atoms with Gasteiger partial charge in [0, 0.05) is 31.6 Å². The number of rotatable bonds is 5. The second-order valence-electron chi connectivity index (χ2n) is 7.12. The first-order chi connectivity index (χ1) is 14.2. The molecule has 1 aliphatic rings. The predicted octanol–water partition coefficient (Wildman–Crippen LogP) is 2.71.